The molecule has 1 aromatic rings. The summed E-state index contributed by atoms with van der Waals surface area (Å²) in [5, 5.41) is 8.85. The summed E-state index contributed by atoms with van der Waals surface area (Å²) in [6, 6.07) is 4.50. The van der Waals surface area contributed by atoms with Gasteiger partial charge in [0.2, 0.25) is 0 Å². The molecule has 1 N–H and O–H groups in total. The molecule has 5 heteroatoms. The molecule has 96 valence electrons. The van der Waals surface area contributed by atoms with Gasteiger partial charge in [0.15, 0.2) is 0 Å². The van der Waals surface area contributed by atoms with Gasteiger partial charge in [0, 0.05) is 13.1 Å². The number of aromatic carboxylic acids is 1. The maximum Gasteiger partial charge on any atom is 0.354 e. The number of amides is 1. The SMILES string of the molecule is CC1CCN(C(=O)c2cccc(C(=O)O)n2)CC1. The van der Waals surface area contributed by atoms with E-state index in [1.165, 1.54) is 6.07 Å². The second-order valence-corrected chi connectivity index (χ2v) is 4.69. The third-order valence-electron chi connectivity index (χ3n) is 3.26. The van der Waals surface area contributed by atoms with Crippen LogP contribution in [0.2, 0.25) is 0 Å². The number of carboxylic acids is 1. The van der Waals surface area contributed by atoms with E-state index in [1.54, 1.807) is 17.0 Å². The number of carbonyl (C=O) groups excluding carboxylic acids is 1. The topological polar surface area (TPSA) is 70.5 Å². The van der Waals surface area contributed by atoms with Gasteiger partial charge in [0.25, 0.3) is 5.91 Å². The zero-order chi connectivity index (χ0) is 13.1. The summed E-state index contributed by atoms with van der Waals surface area (Å²) in [7, 11) is 0. The van der Waals surface area contributed by atoms with Gasteiger partial charge in [-0.05, 0) is 30.9 Å². The molecule has 5 nitrogen and oxygen atoms in total. The van der Waals surface area contributed by atoms with Crippen LogP contribution < -0.4 is 0 Å². The summed E-state index contributed by atoms with van der Waals surface area (Å²) in [5.41, 5.74) is 0.121. The van der Waals surface area contributed by atoms with Crippen molar-refractivity contribution >= 4 is 11.9 Å². The molecule has 1 fully saturated rings. The van der Waals surface area contributed by atoms with E-state index in [4.69, 9.17) is 5.11 Å². The van der Waals surface area contributed by atoms with Crippen molar-refractivity contribution in [3.05, 3.63) is 29.6 Å². The van der Waals surface area contributed by atoms with Gasteiger partial charge in [-0.2, -0.15) is 0 Å². The summed E-state index contributed by atoms with van der Waals surface area (Å²) in [6.07, 6.45) is 1.98. The summed E-state index contributed by atoms with van der Waals surface area (Å²) in [5.74, 6) is -0.644. The minimum absolute atomic E-state index is 0.0915. The Morgan fingerprint density at radius 2 is 1.89 bits per heavy atom. The molecule has 1 aliphatic rings. The van der Waals surface area contributed by atoms with E-state index in [1.807, 2.05) is 0 Å². The molecule has 1 saturated heterocycles. The first-order valence-corrected chi connectivity index (χ1v) is 6.07. The van der Waals surface area contributed by atoms with Gasteiger partial charge in [0.1, 0.15) is 11.4 Å². The number of aromatic nitrogens is 1. The van der Waals surface area contributed by atoms with Crippen molar-refractivity contribution in [2.75, 3.05) is 13.1 Å². The van der Waals surface area contributed by atoms with Crippen molar-refractivity contribution in [1.82, 2.24) is 9.88 Å². The highest BCUT2D eigenvalue weighted by atomic mass is 16.4. The van der Waals surface area contributed by atoms with E-state index in [0.29, 0.717) is 5.92 Å². The molecule has 0 saturated carbocycles. The lowest BCUT2D eigenvalue weighted by atomic mass is 9.99. The van der Waals surface area contributed by atoms with Gasteiger partial charge < -0.3 is 10.0 Å². The number of carboxylic acid groups (broad SMARTS) is 1. The van der Waals surface area contributed by atoms with Gasteiger partial charge in [-0.15, -0.1) is 0 Å². The van der Waals surface area contributed by atoms with Gasteiger partial charge in [-0.25, -0.2) is 9.78 Å². The number of pyridine rings is 1. The second kappa shape index (κ2) is 5.16. The van der Waals surface area contributed by atoms with Crippen molar-refractivity contribution in [2.45, 2.75) is 19.8 Å². The smallest absolute Gasteiger partial charge is 0.354 e. The van der Waals surface area contributed by atoms with Crippen molar-refractivity contribution in [3.63, 3.8) is 0 Å². The molecule has 0 unspecified atom stereocenters. The van der Waals surface area contributed by atoms with Crippen LogP contribution in [0.1, 0.15) is 40.7 Å². The normalized spacial score (nSPS) is 16.6. The molecule has 1 amide bonds. The van der Waals surface area contributed by atoms with Crippen LogP contribution in [0.25, 0.3) is 0 Å². The Morgan fingerprint density at radius 1 is 1.28 bits per heavy atom. The summed E-state index contributed by atoms with van der Waals surface area (Å²) < 4.78 is 0. The average molecular weight is 248 g/mol. The van der Waals surface area contributed by atoms with Crippen molar-refractivity contribution in [3.8, 4) is 0 Å². The molecule has 0 radical (unpaired) electrons. The number of carbonyl (C=O) groups is 2. The maximum atomic E-state index is 12.2. The molecule has 1 aromatic heterocycles. The highest BCUT2D eigenvalue weighted by Gasteiger charge is 2.22. The first kappa shape index (κ1) is 12.5. The molecule has 0 aromatic carbocycles. The lowest BCUT2D eigenvalue weighted by Crippen LogP contribution is -2.38. The predicted octanol–water partition coefficient (Wildman–Crippen LogP) is 1.65. The second-order valence-electron chi connectivity index (χ2n) is 4.69. The fourth-order valence-corrected chi connectivity index (χ4v) is 2.05. The van der Waals surface area contributed by atoms with Crippen molar-refractivity contribution in [1.29, 1.82) is 0 Å². The van der Waals surface area contributed by atoms with Gasteiger partial charge in [0.05, 0.1) is 0 Å². The first-order valence-electron chi connectivity index (χ1n) is 6.07. The largest absolute Gasteiger partial charge is 0.477 e. The number of piperidine rings is 1. The monoisotopic (exact) mass is 248 g/mol. The Hall–Kier alpha value is -1.91. The summed E-state index contributed by atoms with van der Waals surface area (Å²) in [4.78, 5) is 28.6. The van der Waals surface area contributed by atoms with E-state index in [2.05, 4.69) is 11.9 Å². The van der Waals surface area contributed by atoms with Gasteiger partial charge >= 0.3 is 5.97 Å². The first-order chi connectivity index (χ1) is 8.58. The Labute approximate surface area is 105 Å². The van der Waals surface area contributed by atoms with Crippen LogP contribution in [-0.4, -0.2) is 40.0 Å². The van der Waals surface area contributed by atoms with E-state index in [9.17, 15) is 9.59 Å². The van der Waals surface area contributed by atoms with E-state index in [-0.39, 0.29) is 17.3 Å². The lowest BCUT2D eigenvalue weighted by Gasteiger charge is -2.30. The number of likely N-dealkylation sites (tertiary alicyclic amines) is 1. The molecule has 0 spiro atoms. The number of hydrogen-bond donors (Lipinski definition) is 1. The van der Waals surface area contributed by atoms with Crippen LogP contribution >= 0.6 is 0 Å². The third-order valence-corrected chi connectivity index (χ3v) is 3.26. The Morgan fingerprint density at radius 3 is 2.50 bits per heavy atom. The van der Waals surface area contributed by atoms with Crippen LogP contribution in [0.15, 0.2) is 18.2 Å². The summed E-state index contributed by atoms with van der Waals surface area (Å²) >= 11 is 0. The number of nitrogens with zero attached hydrogens (tertiary/aromatic N) is 2. The minimum atomic E-state index is -1.11. The van der Waals surface area contributed by atoms with Crippen LogP contribution in [0, 0.1) is 5.92 Å². The molecular formula is C13H16N2O3. The van der Waals surface area contributed by atoms with Gasteiger partial charge in [-0.1, -0.05) is 13.0 Å². The van der Waals surface area contributed by atoms with Crippen LogP contribution in [0.4, 0.5) is 0 Å². The number of hydrogen-bond acceptors (Lipinski definition) is 3. The predicted molar refractivity (Wildman–Crippen MR) is 65.5 cm³/mol. The van der Waals surface area contributed by atoms with Crippen LogP contribution in [0.3, 0.4) is 0 Å². The fraction of sp³-hybridized carbons (Fsp3) is 0.462. The molecule has 0 aliphatic carbocycles. The van der Waals surface area contributed by atoms with Gasteiger partial charge in [-0.3, -0.25) is 4.79 Å². The molecule has 0 bridgehead atoms. The zero-order valence-electron chi connectivity index (χ0n) is 10.3. The Kier molecular flexibility index (Phi) is 3.60. The standard InChI is InChI=1S/C13H16N2O3/c1-9-5-7-15(8-6-9)12(16)10-3-2-4-11(14-10)13(17)18/h2-4,9H,5-8H2,1H3,(H,17,18). The number of rotatable bonds is 2. The molecule has 1 aliphatic heterocycles. The maximum absolute atomic E-state index is 12.2. The molecular weight excluding hydrogens is 232 g/mol. The van der Waals surface area contributed by atoms with Crippen molar-refractivity contribution < 1.29 is 14.7 Å². The Balaban J connectivity index is 2.13. The van der Waals surface area contributed by atoms with Crippen molar-refractivity contribution in [2.24, 2.45) is 5.92 Å². The highest BCUT2D eigenvalue weighted by Crippen LogP contribution is 2.17. The molecule has 2 rings (SSSR count). The highest BCUT2D eigenvalue weighted by molar-refractivity contribution is 5.94. The molecule has 18 heavy (non-hydrogen) atoms. The lowest BCUT2D eigenvalue weighted by molar-refractivity contribution is 0.0684. The molecule has 0 atom stereocenters. The minimum Gasteiger partial charge on any atom is -0.477 e. The average Bonchev–Trinajstić information content (AvgIpc) is 2.39. The van der Waals surface area contributed by atoms with E-state index < -0.39 is 5.97 Å². The quantitative estimate of drug-likeness (QED) is 0.864. The summed E-state index contributed by atoms with van der Waals surface area (Å²) in [6.45, 7) is 3.61. The van der Waals surface area contributed by atoms with Crippen LogP contribution in [0.5, 0.6) is 0 Å². The molecule has 2 heterocycles. The van der Waals surface area contributed by atoms with E-state index >= 15 is 0 Å². The van der Waals surface area contributed by atoms with Crippen LogP contribution in [-0.2, 0) is 0 Å². The Bertz CT molecular complexity index is 465. The zero-order valence-corrected chi connectivity index (χ0v) is 10.3. The third kappa shape index (κ3) is 2.67. The van der Waals surface area contributed by atoms with E-state index in [0.717, 1.165) is 25.9 Å². The fourth-order valence-electron chi connectivity index (χ4n) is 2.05.